The van der Waals surface area contributed by atoms with E-state index in [1.165, 1.54) is 42.2 Å². The van der Waals surface area contributed by atoms with Gasteiger partial charge in [-0.2, -0.15) is 0 Å². The number of rotatable bonds is 3. The van der Waals surface area contributed by atoms with Gasteiger partial charge in [0.1, 0.15) is 11.6 Å². The predicted molar refractivity (Wildman–Crippen MR) is 73.9 cm³/mol. The third-order valence-corrected chi connectivity index (χ3v) is 3.62. The number of aryl methyl sites for hydroxylation is 2. The second-order valence-electron chi connectivity index (χ2n) is 4.96. The quantitative estimate of drug-likeness (QED) is 0.880. The minimum Gasteiger partial charge on any atom is -0.508 e. The molecule has 2 aromatic rings. The van der Waals surface area contributed by atoms with Crippen molar-refractivity contribution in [3.8, 4) is 5.75 Å². The third-order valence-electron chi connectivity index (χ3n) is 3.62. The van der Waals surface area contributed by atoms with Crippen LogP contribution in [0.3, 0.4) is 0 Å². The summed E-state index contributed by atoms with van der Waals surface area (Å²) in [4.78, 5) is 0. The Morgan fingerprint density at radius 2 is 1.89 bits per heavy atom. The molecule has 0 aliphatic heterocycles. The first-order valence-electron chi connectivity index (χ1n) is 6.55. The summed E-state index contributed by atoms with van der Waals surface area (Å²) in [6, 6.07) is 10.3. The lowest BCUT2D eigenvalue weighted by atomic mass is 10.1. The summed E-state index contributed by atoms with van der Waals surface area (Å²) in [5, 5.41) is 12.9. The van der Waals surface area contributed by atoms with Crippen molar-refractivity contribution < 1.29 is 9.50 Å². The van der Waals surface area contributed by atoms with E-state index in [0.29, 0.717) is 12.1 Å². The number of fused-ring (bicyclic) bond motifs is 1. The Labute approximate surface area is 111 Å². The summed E-state index contributed by atoms with van der Waals surface area (Å²) in [7, 11) is 0. The molecule has 98 valence electrons. The zero-order chi connectivity index (χ0) is 13.2. The Morgan fingerprint density at radius 1 is 1.05 bits per heavy atom. The van der Waals surface area contributed by atoms with Gasteiger partial charge in [0.15, 0.2) is 0 Å². The van der Waals surface area contributed by atoms with Crippen molar-refractivity contribution in [2.75, 3.05) is 5.32 Å². The van der Waals surface area contributed by atoms with Gasteiger partial charge in [-0.15, -0.1) is 0 Å². The molecule has 19 heavy (non-hydrogen) atoms. The van der Waals surface area contributed by atoms with Gasteiger partial charge in [0.05, 0.1) is 0 Å². The maximum atomic E-state index is 13.1. The summed E-state index contributed by atoms with van der Waals surface area (Å²) >= 11 is 0. The van der Waals surface area contributed by atoms with Gasteiger partial charge in [0.2, 0.25) is 0 Å². The fourth-order valence-corrected chi connectivity index (χ4v) is 2.57. The van der Waals surface area contributed by atoms with Gasteiger partial charge in [-0.1, -0.05) is 6.07 Å². The Bertz CT molecular complexity index is 610. The second kappa shape index (κ2) is 4.92. The van der Waals surface area contributed by atoms with E-state index in [4.69, 9.17) is 0 Å². The van der Waals surface area contributed by atoms with Crippen LogP contribution in [0.4, 0.5) is 10.1 Å². The second-order valence-corrected chi connectivity index (χ2v) is 4.96. The minimum atomic E-state index is -0.330. The van der Waals surface area contributed by atoms with Crippen molar-refractivity contribution in [1.29, 1.82) is 0 Å². The van der Waals surface area contributed by atoms with Crippen molar-refractivity contribution in [2.45, 2.75) is 25.8 Å². The summed E-state index contributed by atoms with van der Waals surface area (Å²) in [6.45, 7) is 0.419. The van der Waals surface area contributed by atoms with E-state index in [1.54, 1.807) is 0 Å². The van der Waals surface area contributed by atoms with Crippen LogP contribution in [0.2, 0.25) is 0 Å². The molecule has 2 nitrogen and oxygen atoms in total. The smallest absolute Gasteiger partial charge is 0.123 e. The van der Waals surface area contributed by atoms with Gasteiger partial charge in [-0.25, -0.2) is 4.39 Å². The maximum absolute atomic E-state index is 13.1. The first-order valence-corrected chi connectivity index (χ1v) is 6.55. The van der Waals surface area contributed by atoms with E-state index in [0.717, 1.165) is 12.1 Å². The third kappa shape index (κ3) is 2.55. The number of halogens is 1. The molecule has 1 aliphatic rings. The van der Waals surface area contributed by atoms with Crippen molar-refractivity contribution in [3.05, 3.63) is 58.9 Å². The molecule has 0 radical (unpaired) electrons. The molecule has 0 saturated heterocycles. The average molecular weight is 257 g/mol. The zero-order valence-corrected chi connectivity index (χ0v) is 10.6. The van der Waals surface area contributed by atoms with Crippen molar-refractivity contribution in [1.82, 2.24) is 0 Å². The normalized spacial score (nSPS) is 13.3. The van der Waals surface area contributed by atoms with Crippen LogP contribution >= 0.6 is 0 Å². The number of hydrogen-bond acceptors (Lipinski definition) is 2. The fraction of sp³-hybridized carbons (Fsp3) is 0.250. The van der Waals surface area contributed by atoms with Crippen LogP contribution in [0.25, 0.3) is 0 Å². The van der Waals surface area contributed by atoms with Crippen LogP contribution in [0.1, 0.15) is 23.1 Å². The van der Waals surface area contributed by atoms with Crippen molar-refractivity contribution in [2.24, 2.45) is 0 Å². The van der Waals surface area contributed by atoms with E-state index in [1.807, 2.05) is 6.07 Å². The van der Waals surface area contributed by atoms with E-state index in [2.05, 4.69) is 17.4 Å². The number of anilines is 1. The molecule has 2 aromatic carbocycles. The number of aromatic hydroxyl groups is 1. The molecule has 3 heteroatoms. The SMILES string of the molecule is Oc1ccc(F)cc1CNc1ccc2c(c1)CCC2. The van der Waals surface area contributed by atoms with Crippen LogP contribution in [-0.4, -0.2) is 5.11 Å². The Balaban J connectivity index is 1.74. The lowest BCUT2D eigenvalue weighted by molar-refractivity contribution is 0.466. The molecule has 0 fully saturated rings. The number of nitrogens with one attached hydrogen (secondary N) is 1. The molecule has 0 atom stereocenters. The molecule has 2 N–H and O–H groups in total. The van der Waals surface area contributed by atoms with Crippen LogP contribution in [0.5, 0.6) is 5.75 Å². The molecule has 1 aliphatic carbocycles. The van der Waals surface area contributed by atoms with Crippen LogP contribution in [0.15, 0.2) is 36.4 Å². The summed E-state index contributed by atoms with van der Waals surface area (Å²) in [5.74, 6) is -0.210. The molecule has 0 unspecified atom stereocenters. The van der Waals surface area contributed by atoms with E-state index >= 15 is 0 Å². The number of phenolic OH excluding ortho intramolecular Hbond substituents is 1. The first-order chi connectivity index (χ1) is 9.22. The summed E-state index contributed by atoms with van der Waals surface area (Å²) in [5.41, 5.74) is 4.41. The molecule has 0 aromatic heterocycles. The number of hydrogen-bond donors (Lipinski definition) is 2. The van der Waals surface area contributed by atoms with Crippen molar-refractivity contribution >= 4 is 5.69 Å². The van der Waals surface area contributed by atoms with Gasteiger partial charge in [-0.05, 0) is 60.7 Å². The molecule has 0 heterocycles. The highest BCUT2D eigenvalue weighted by Crippen LogP contribution is 2.26. The van der Waals surface area contributed by atoms with Crippen LogP contribution < -0.4 is 5.32 Å². The highest BCUT2D eigenvalue weighted by atomic mass is 19.1. The largest absolute Gasteiger partial charge is 0.508 e. The van der Waals surface area contributed by atoms with Crippen molar-refractivity contribution in [3.63, 3.8) is 0 Å². The van der Waals surface area contributed by atoms with Crippen LogP contribution in [-0.2, 0) is 19.4 Å². The molecule has 0 bridgehead atoms. The van der Waals surface area contributed by atoms with Gasteiger partial charge >= 0.3 is 0 Å². The highest BCUT2D eigenvalue weighted by Gasteiger charge is 2.10. The molecular weight excluding hydrogens is 241 g/mol. The topological polar surface area (TPSA) is 32.3 Å². The molecular formula is C16H16FNO. The fourth-order valence-electron chi connectivity index (χ4n) is 2.57. The predicted octanol–water partition coefficient (Wildman–Crippen LogP) is 3.63. The number of phenols is 1. The Kier molecular flexibility index (Phi) is 3.11. The summed E-state index contributed by atoms with van der Waals surface area (Å²) < 4.78 is 13.1. The van der Waals surface area contributed by atoms with Crippen LogP contribution in [0, 0.1) is 5.82 Å². The van der Waals surface area contributed by atoms with Gasteiger partial charge in [0.25, 0.3) is 0 Å². The Morgan fingerprint density at radius 3 is 2.79 bits per heavy atom. The zero-order valence-electron chi connectivity index (χ0n) is 10.6. The standard InChI is InChI=1S/C16H16FNO/c17-14-5-7-16(19)13(8-14)10-18-15-6-4-11-2-1-3-12(11)9-15/h4-9,18-19H,1-3,10H2. The molecule has 0 saturated carbocycles. The van der Waals surface area contributed by atoms with E-state index < -0.39 is 0 Å². The van der Waals surface area contributed by atoms with Gasteiger partial charge in [-0.3, -0.25) is 0 Å². The monoisotopic (exact) mass is 257 g/mol. The molecule has 3 rings (SSSR count). The lowest BCUT2D eigenvalue weighted by Gasteiger charge is -2.10. The molecule has 0 spiro atoms. The first kappa shape index (κ1) is 12.0. The van der Waals surface area contributed by atoms with E-state index in [9.17, 15) is 9.50 Å². The lowest BCUT2D eigenvalue weighted by Crippen LogP contribution is -2.01. The van der Waals surface area contributed by atoms with Gasteiger partial charge in [0, 0.05) is 17.8 Å². The maximum Gasteiger partial charge on any atom is 0.123 e. The Hall–Kier alpha value is -2.03. The van der Waals surface area contributed by atoms with E-state index in [-0.39, 0.29) is 11.6 Å². The average Bonchev–Trinajstić information content (AvgIpc) is 2.87. The number of benzene rings is 2. The van der Waals surface area contributed by atoms with Gasteiger partial charge < -0.3 is 10.4 Å². The molecule has 0 amide bonds. The minimum absolute atomic E-state index is 0.120. The highest BCUT2D eigenvalue weighted by molar-refractivity contribution is 5.51. The summed E-state index contributed by atoms with van der Waals surface area (Å²) in [6.07, 6.45) is 3.53.